The number of nitrogens with one attached hydrogen (secondary N) is 1. The highest BCUT2D eigenvalue weighted by Crippen LogP contribution is 2.24. The summed E-state index contributed by atoms with van der Waals surface area (Å²) >= 11 is 0. The number of amides is 1. The minimum absolute atomic E-state index is 0.168. The summed E-state index contributed by atoms with van der Waals surface area (Å²) in [4.78, 5) is 12.5. The average Bonchev–Trinajstić information content (AvgIpc) is 2.60. The fraction of sp³-hybridized carbons (Fsp3) is 0.278. The van der Waals surface area contributed by atoms with Crippen molar-refractivity contribution in [3.05, 3.63) is 59.9 Å². The highest BCUT2D eigenvalue weighted by molar-refractivity contribution is 7.92. The lowest BCUT2D eigenvalue weighted by molar-refractivity contribution is -0.122. The monoisotopic (exact) mass is 380 g/mol. The van der Waals surface area contributed by atoms with Crippen LogP contribution < -0.4 is 14.4 Å². The van der Waals surface area contributed by atoms with Crippen molar-refractivity contribution in [3.63, 3.8) is 0 Å². The van der Waals surface area contributed by atoms with E-state index in [1.165, 1.54) is 32.2 Å². The highest BCUT2D eigenvalue weighted by atomic mass is 32.2. The molecule has 1 atom stereocenters. The number of anilines is 1. The van der Waals surface area contributed by atoms with Crippen molar-refractivity contribution in [1.82, 2.24) is 5.32 Å². The summed E-state index contributed by atoms with van der Waals surface area (Å²) < 4.78 is 44.3. The Morgan fingerprint density at radius 3 is 2.54 bits per heavy atom. The van der Waals surface area contributed by atoms with Gasteiger partial charge in [-0.1, -0.05) is 24.3 Å². The van der Waals surface area contributed by atoms with Gasteiger partial charge in [0, 0.05) is 6.54 Å². The van der Waals surface area contributed by atoms with Crippen LogP contribution in [-0.2, 0) is 21.4 Å². The third-order valence-corrected chi connectivity index (χ3v) is 5.01. The Bertz CT molecular complexity index is 886. The quantitative estimate of drug-likeness (QED) is 0.800. The molecule has 1 N–H and O–H groups in total. The van der Waals surface area contributed by atoms with E-state index in [9.17, 15) is 17.6 Å². The number of carbonyl (C=O) groups is 1. The zero-order valence-electron chi connectivity index (χ0n) is 14.8. The van der Waals surface area contributed by atoms with Crippen LogP contribution in [0.5, 0.6) is 5.75 Å². The summed E-state index contributed by atoms with van der Waals surface area (Å²) in [6.45, 7) is 1.60. The fourth-order valence-electron chi connectivity index (χ4n) is 2.53. The highest BCUT2D eigenvalue weighted by Gasteiger charge is 2.30. The van der Waals surface area contributed by atoms with Crippen molar-refractivity contribution in [2.24, 2.45) is 0 Å². The summed E-state index contributed by atoms with van der Waals surface area (Å²) in [5.74, 6) is -0.610. The Morgan fingerprint density at radius 1 is 1.23 bits per heavy atom. The molecule has 0 heterocycles. The van der Waals surface area contributed by atoms with Crippen LogP contribution in [0.25, 0.3) is 0 Å². The zero-order chi connectivity index (χ0) is 19.3. The summed E-state index contributed by atoms with van der Waals surface area (Å²) in [6.07, 6.45) is 0.936. The summed E-state index contributed by atoms with van der Waals surface area (Å²) in [6, 6.07) is 11.4. The van der Waals surface area contributed by atoms with Crippen LogP contribution in [0.4, 0.5) is 10.1 Å². The largest absolute Gasteiger partial charge is 0.497 e. The van der Waals surface area contributed by atoms with E-state index in [0.29, 0.717) is 5.75 Å². The molecule has 0 aliphatic rings. The molecule has 0 spiro atoms. The van der Waals surface area contributed by atoms with E-state index in [1.807, 2.05) is 0 Å². The smallest absolute Gasteiger partial charge is 0.243 e. The minimum Gasteiger partial charge on any atom is -0.497 e. The van der Waals surface area contributed by atoms with Crippen LogP contribution in [0, 0.1) is 5.82 Å². The predicted molar refractivity (Wildman–Crippen MR) is 98.0 cm³/mol. The van der Waals surface area contributed by atoms with Crippen molar-refractivity contribution in [2.75, 3.05) is 17.7 Å². The lowest BCUT2D eigenvalue weighted by Crippen LogP contribution is -2.48. The molecule has 0 saturated carbocycles. The first kappa shape index (κ1) is 19.7. The van der Waals surface area contributed by atoms with Gasteiger partial charge in [0.2, 0.25) is 15.9 Å². The van der Waals surface area contributed by atoms with Gasteiger partial charge in [-0.2, -0.15) is 0 Å². The topological polar surface area (TPSA) is 75.7 Å². The number of rotatable bonds is 7. The number of benzene rings is 2. The number of halogens is 1. The number of hydrogen-bond acceptors (Lipinski definition) is 4. The Kier molecular flexibility index (Phi) is 6.20. The molecule has 26 heavy (non-hydrogen) atoms. The van der Waals surface area contributed by atoms with Gasteiger partial charge < -0.3 is 10.1 Å². The molecule has 140 valence electrons. The van der Waals surface area contributed by atoms with Gasteiger partial charge in [-0.05, 0) is 36.8 Å². The number of methoxy groups -OCH3 is 1. The maximum atomic E-state index is 14.1. The van der Waals surface area contributed by atoms with E-state index in [1.54, 1.807) is 24.3 Å². The fourth-order valence-corrected chi connectivity index (χ4v) is 3.71. The number of ether oxygens (including phenoxy) is 1. The van der Waals surface area contributed by atoms with Crippen LogP contribution in [0.2, 0.25) is 0 Å². The maximum absolute atomic E-state index is 14.1. The molecule has 1 unspecified atom stereocenters. The van der Waals surface area contributed by atoms with E-state index in [0.717, 1.165) is 22.2 Å². The van der Waals surface area contributed by atoms with E-state index < -0.39 is 27.8 Å². The Morgan fingerprint density at radius 2 is 1.92 bits per heavy atom. The normalized spacial score (nSPS) is 12.3. The Balaban J connectivity index is 2.19. The third kappa shape index (κ3) is 4.72. The SMILES string of the molecule is COc1cccc(CNC(=O)C(C)N(c2ccccc2F)S(C)(=O)=O)c1. The summed E-state index contributed by atoms with van der Waals surface area (Å²) in [5.41, 5.74) is 0.626. The second kappa shape index (κ2) is 8.18. The van der Waals surface area contributed by atoms with Crippen LogP contribution in [0.3, 0.4) is 0 Å². The predicted octanol–water partition coefficient (Wildman–Crippen LogP) is 2.31. The van der Waals surface area contributed by atoms with E-state index in [2.05, 4.69) is 5.32 Å². The molecule has 2 aromatic rings. The summed E-state index contributed by atoms with van der Waals surface area (Å²) in [7, 11) is -2.33. The lowest BCUT2D eigenvalue weighted by Gasteiger charge is -2.28. The molecule has 0 radical (unpaired) electrons. The van der Waals surface area contributed by atoms with Gasteiger partial charge >= 0.3 is 0 Å². The zero-order valence-corrected chi connectivity index (χ0v) is 15.6. The molecule has 0 aliphatic heterocycles. The van der Waals surface area contributed by atoms with Gasteiger partial charge in [0.15, 0.2) is 0 Å². The minimum atomic E-state index is -3.87. The second-order valence-electron chi connectivity index (χ2n) is 5.76. The van der Waals surface area contributed by atoms with Crippen molar-refractivity contribution in [1.29, 1.82) is 0 Å². The summed E-state index contributed by atoms with van der Waals surface area (Å²) in [5, 5.41) is 2.67. The van der Waals surface area contributed by atoms with Gasteiger partial charge in [0.1, 0.15) is 17.6 Å². The van der Waals surface area contributed by atoms with Gasteiger partial charge in [-0.15, -0.1) is 0 Å². The van der Waals surface area contributed by atoms with Crippen molar-refractivity contribution in [3.8, 4) is 5.75 Å². The number of nitrogens with zero attached hydrogens (tertiary/aromatic N) is 1. The molecule has 0 aromatic heterocycles. The Labute approximate surface area is 152 Å². The van der Waals surface area contributed by atoms with Crippen molar-refractivity contribution < 1.29 is 22.3 Å². The second-order valence-corrected chi connectivity index (χ2v) is 7.61. The first-order chi connectivity index (χ1) is 12.2. The molecule has 0 fully saturated rings. The Hall–Kier alpha value is -2.61. The average molecular weight is 380 g/mol. The van der Waals surface area contributed by atoms with Gasteiger partial charge in [-0.3, -0.25) is 9.10 Å². The lowest BCUT2D eigenvalue weighted by atomic mass is 10.2. The van der Waals surface area contributed by atoms with Crippen molar-refractivity contribution in [2.45, 2.75) is 19.5 Å². The van der Waals surface area contributed by atoms with Crippen LogP contribution in [-0.4, -0.2) is 33.7 Å². The van der Waals surface area contributed by atoms with Gasteiger partial charge in [0.05, 0.1) is 19.1 Å². The third-order valence-electron chi connectivity index (χ3n) is 3.78. The van der Waals surface area contributed by atoms with Crippen LogP contribution in [0.1, 0.15) is 12.5 Å². The molecule has 6 nitrogen and oxygen atoms in total. The van der Waals surface area contributed by atoms with E-state index in [-0.39, 0.29) is 12.2 Å². The first-order valence-electron chi connectivity index (χ1n) is 7.88. The standard InChI is InChI=1S/C18H21FN2O4S/c1-13(18(22)20-12-14-7-6-8-15(11-14)25-2)21(26(3,23)24)17-10-5-4-9-16(17)19/h4-11,13H,12H2,1-3H3,(H,20,22). The number of sulfonamides is 1. The van der Waals surface area contributed by atoms with Gasteiger partial charge in [-0.25, -0.2) is 12.8 Å². The molecular formula is C18H21FN2O4S. The molecular weight excluding hydrogens is 359 g/mol. The number of carbonyl (C=O) groups excluding carboxylic acids is 1. The van der Waals surface area contributed by atoms with Crippen LogP contribution in [0.15, 0.2) is 48.5 Å². The van der Waals surface area contributed by atoms with E-state index >= 15 is 0 Å². The molecule has 0 bridgehead atoms. The molecule has 1 amide bonds. The molecule has 0 aliphatic carbocycles. The van der Waals surface area contributed by atoms with Crippen molar-refractivity contribution >= 4 is 21.6 Å². The number of para-hydroxylation sites is 1. The molecule has 8 heteroatoms. The molecule has 2 rings (SSSR count). The van der Waals surface area contributed by atoms with Crippen LogP contribution >= 0.6 is 0 Å². The van der Waals surface area contributed by atoms with E-state index in [4.69, 9.17) is 4.74 Å². The molecule has 0 saturated heterocycles. The van der Waals surface area contributed by atoms with Gasteiger partial charge in [0.25, 0.3) is 0 Å². The maximum Gasteiger partial charge on any atom is 0.243 e. The number of hydrogen-bond donors (Lipinski definition) is 1. The first-order valence-corrected chi connectivity index (χ1v) is 9.73. The molecule has 2 aromatic carbocycles.